The molecule has 0 saturated carbocycles. The normalized spacial score (nSPS) is 9.93. The quantitative estimate of drug-likeness (QED) is 0.422. The Labute approximate surface area is 95.0 Å². The molecular weight excluding hydrogens is 208 g/mol. The maximum atomic E-state index is 11.0. The van der Waals surface area contributed by atoms with E-state index < -0.39 is 0 Å². The van der Waals surface area contributed by atoms with Gasteiger partial charge in [0.05, 0.1) is 0 Å². The fourth-order valence-corrected chi connectivity index (χ4v) is 1.86. The van der Waals surface area contributed by atoms with E-state index in [-0.39, 0.29) is 5.97 Å². The van der Waals surface area contributed by atoms with Gasteiger partial charge in [-0.1, -0.05) is 25.1 Å². The number of thioether (sulfide) groups is 1. The molecule has 82 valence electrons. The van der Waals surface area contributed by atoms with Gasteiger partial charge in [-0.3, -0.25) is 4.79 Å². The number of esters is 1. The zero-order valence-electron chi connectivity index (χ0n) is 8.94. The summed E-state index contributed by atoms with van der Waals surface area (Å²) in [6.45, 7) is 2.47. The molecule has 15 heavy (non-hydrogen) atoms. The molecule has 0 aliphatic carbocycles. The molecule has 0 aliphatic rings. The van der Waals surface area contributed by atoms with Crippen molar-refractivity contribution in [1.82, 2.24) is 0 Å². The van der Waals surface area contributed by atoms with Crippen LogP contribution in [0.3, 0.4) is 0 Å². The molecule has 0 aliphatic heterocycles. The van der Waals surface area contributed by atoms with E-state index in [2.05, 4.69) is 12.1 Å². The van der Waals surface area contributed by atoms with E-state index in [0.717, 1.165) is 12.2 Å². The molecule has 1 aromatic carbocycles. The third-order valence-corrected chi connectivity index (χ3v) is 2.79. The van der Waals surface area contributed by atoms with Crippen LogP contribution in [0.15, 0.2) is 35.2 Å². The van der Waals surface area contributed by atoms with E-state index in [9.17, 15) is 4.79 Å². The molecule has 1 rings (SSSR count). The first-order valence-electron chi connectivity index (χ1n) is 5.16. The summed E-state index contributed by atoms with van der Waals surface area (Å²) in [6, 6.07) is 10.1. The van der Waals surface area contributed by atoms with Gasteiger partial charge in [-0.15, -0.1) is 11.8 Å². The van der Waals surface area contributed by atoms with Crippen LogP contribution >= 0.6 is 11.8 Å². The van der Waals surface area contributed by atoms with Gasteiger partial charge in [0.25, 0.3) is 0 Å². The van der Waals surface area contributed by atoms with E-state index in [1.165, 1.54) is 4.90 Å². The van der Waals surface area contributed by atoms with Gasteiger partial charge in [0.1, 0.15) is 6.61 Å². The van der Waals surface area contributed by atoms with Gasteiger partial charge < -0.3 is 4.74 Å². The Bertz CT molecular complexity index is 285. The van der Waals surface area contributed by atoms with Crippen molar-refractivity contribution in [3.8, 4) is 0 Å². The molecule has 0 fully saturated rings. The number of carbonyl (C=O) groups excluding carboxylic acids is 1. The molecule has 0 saturated heterocycles. The van der Waals surface area contributed by atoms with Crippen LogP contribution in [-0.2, 0) is 9.53 Å². The van der Waals surface area contributed by atoms with Gasteiger partial charge >= 0.3 is 5.97 Å². The molecule has 3 heteroatoms. The molecule has 0 amide bonds. The van der Waals surface area contributed by atoms with Gasteiger partial charge in [-0.25, -0.2) is 0 Å². The van der Waals surface area contributed by atoms with Gasteiger partial charge in [0.2, 0.25) is 0 Å². The lowest BCUT2D eigenvalue weighted by atomic mass is 10.3. The van der Waals surface area contributed by atoms with Crippen LogP contribution in [0.4, 0.5) is 0 Å². The average Bonchev–Trinajstić information content (AvgIpc) is 2.26. The number of carbonyl (C=O) groups is 1. The highest BCUT2D eigenvalue weighted by Gasteiger charge is 2.00. The van der Waals surface area contributed by atoms with Crippen molar-refractivity contribution in [3.63, 3.8) is 0 Å². The molecule has 0 unspecified atom stereocenters. The highest BCUT2D eigenvalue weighted by Crippen LogP contribution is 2.16. The largest absolute Gasteiger partial charge is 0.465 e. The van der Waals surface area contributed by atoms with Crippen LogP contribution in [0.5, 0.6) is 0 Å². The van der Waals surface area contributed by atoms with Crippen molar-refractivity contribution in [2.24, 2.45) is 0 Å². The fraction of sp³-hybridized carbons (Fsp3) is 0.417. The molecular formula is C12H16O2S. The van der Waals surface area contributed by atoms with E-state index in [1.54, 1.807) is 11.8 Å². The van der Waals surface area contributed by atoms with Gasteiger partial charge in [0, 0.05) is 17.1 Å². The minimum atomic E-state index is -0.0915. The lowest BCUT2D eigenvalue weighted by Crippen LogP contribution is -2.06. The maximum Gasteiger partial charge on any atom is 0.305 e. The molecule has 0 spiro atoms. The highest BCUT2D eigenvalue weighted by molar-refractivity contribution is 7.99. The molecule has 0 N–H and O–H groups in total. The molecule has 1 aromatic rings. The monoisotopic (exact) mass is 224 g/mol. The fourth-order valence-electron chi connectivity index (χ4n) is 1.11. The molecule has 0 atom stereocenters. The van der Waals surface area contributed by atoms with Crippen molar-refractivity contribution >= 4 is 17.7 Å². The van der Waals surface area contributed by atoms with Gasteiger partial charge in [-0.05, 0) is 18.6 Å². The third kappa shape index (κ3) is 5.47. The third-order valence-electron chi connectivity index (χ3n) is 1.81. The number of hydrogen-bond acceptors (Lipinski definition) is 3. The van der Waals surface area contributed by atoms with E-state index in [0.29, 0.717) is 13.0 Å². The van der Waals surface area contributed by atoms with Gasteiger partial charge in [-0.2, -0.15) is 0 Å². The van der Waals surface area contributed by atoms with Crippen LogP contribution in [0, 0.1) is 0 Å². The first-order valence-corrected chi connectivity index (χ1v) is 6.15. The van der Waals surface area contributed by atoms with E-state index in [4.69, 9.17) is 4.74 Å². The topological polar surface area (TPSA) is 26.3 Å². The van der Waals surface area contributed by atoms with Crippen molar-refractivity contribution in [2.45, 2.75) is 24.7 Å². The Kier molecular flexibility index (Phi) is 5.93. The standard InChI is InChI=1S/C12H16O2S/c1-2-6-12(13)14-9-10-15-11-7-4-3-5-8-11/h3-5,7-8H,2,6,9-10H2,1H3. The summed E-state index contributed by atoms with van der Waals surface area (Å²) < 4.78 is 5.04. The number of ether oxygens (including phenoxy) is 1. The minimum Gasteiger partial charge on any atom is -0.465 e. The SMILES string of the molecule is CCCC(=O)OCCSc1ccccc1. The van der Waals surface area contributed by atoms with E-state index in [1.807, 2.05) is 25.1 Å². The summed E-state index contributed by atoms with van der Waals surface area (Å²) in [5.74, 6) is 0.727. The molecule has 0 aromatic heterocycles. The Morgan fingerprint density at radius 3 is 2.73 bits per heavy atom. The lowest BCUT2D eigenvalue weighted by Gasteiger charge is -2.03. The minimum absolute atomic E-state index is 0.0915. The number of rotatable bonds is 6. The Hall–Kier alpha value is -0.960. The summed E-state index contributed by atoms with van der Waals surface area (Å²) in [4.78, 5) is 12.2. The Balaban J connectivity index is 2.10. The maximum absolute atomic E-state index is 11.0. The summed E-state index contributed by atoms with van der Waals surface area (Å²) in [7, 11) is 0. The van der Waals surface area contributed by atoms with Crippen LogP contribution in [0.2, 0.25) is 0 Å². The van der Waals surface area contributed by atoms with Crippen LogP contribution < -0.4 is 0 Å². The van der Waals surface area contributed by atoms with Crippen molar-refractivity contribution in [3.05, 3.63) is 30.3 Å². The summed E-state index contributed by atoms with van der Waals surface area (Å²) >= 11 is 1.70. The Morgan fingerprint density at radius 2 is 2.07 bits per heavy atom. The first kappa shape index (κ1) is 12.1. The number of hydrogen-bond donors (Lipinski definition) is 0. The zero-order valence-corrected chi connectivity index (χ0v) is 9.76. The lowest BCUT2D eigenvalue weighted by molar-refractivity contribution is -0.142. The predicted molar refractivity (Wildman–Crippen MR) is 63.0 cm³/mol. The molecule has 0 radical (unpaired) electrons. The molecule has 0 heterocycles. The first-order chi connectivity index (χ1) is 7.33. The second kappa shape index (κ2) is 7.35. The highest BCUT2D eigenvalue weighted by atomic mass is 32.2. The van der Waals surface area contributed by atoms with Crippen LogP contribution in [0.25, 0.3) is 0 Å². The van der Waals surface area contributed by atoms with Crippen molar-refractivity contribution in [2.75, 3.05) is 12.4 Å². The summed E-state index contributed by atoms with van der Waals surface area (Å²) in [5, 5.41) is 0. The second-order valence-corrected chi connectivity index (χ2v) is 4.30. The average molecular weight is 224 g/mol. The number of benzene rings is 1. The summed E-state index contributed by atoms with van der Waals surface area (Å²) in [6.07, 6.45) is 1.38. The van der Waals surface area contributed by atoms with Crippen molar-refractivity contribution < 1.29 is 9.53 Å². The zero-order chi connectivity index (χ0) is 10.9. The van der Waals surface area contributed by atoms with Crippen LogP contribution in [0.1, 0.15) is 19.8 Å². The summed E-state index contributed by atoms with van der Waals surface area (Å²) in [5.41, 5.74) is 0. The second-order valence-electron chi connectivity index (χ2n) is 3.13. The Morgan fingerprint density at radius 1 is 1.33 bits per heavy atom. The van der Waals surface area contributed by atoms with E-state index >= 15 is 0 Å². The predicted octanol–water partition coefficient (Wildman–Crippen LogP) is 3.12. The smallest absolute Gasteiger partial charge is 0.305 e. The van der Waals surface area contributed by atoms with Crippen molar-refractivity contribution in [1.29, 1.82) is 0 Å². The molecule has 0 bridgehead atoms. The van der Waals surface area contributed by atoms with Gasteiger partial charge in [0.15, 0.2) is 0 Å². The molecule has 2 nitrogen and oxygen atoms in total. The van der Waals surface area contributed by atoms with Crippen LogP contribution in [-0.4, -0.2) is 18.3 Å².